The van der Waals surface area contributed by atoms with Crippen molar-refractivity contribution in [3.63, 3.8) is 0 Å². The van der Waals surface area contributed by atoms with Crippen LogP contribution in [0.2, 0.25) is 0 Å². The summed E-state index contributed by atoms with van der Waals surface area (Å²) in [5.74, 6) is 2.34. The van der Waals surface area contributed by atoms with E-state index in [2.05, 4.69) is 19.9 Å². The molecule has 2 nitrogen and oxygen atoms in total. The Labute approximate surface area is 122 Å². The van der Waals surface area contributed by atoms with Gasteiger partial charge in [0.05, 0.1) is 7.11 Å². The molecule has 0 spiro atoms. The normalized spacial score (nSPS) is 22.6. The Hall–Kier alpha value is -1.31. The molecule has 0 N–H and O–H groups in total. The summed E-state index contributed by atoms with van der Waals surface area (Å²) in [6.45, 7) is 4.31. The Morgan fingerprint density at radius 3 is 2.55 bits per heavy atom. The van der Waals surface area contributed by atoms with E-state index in [9.17, 15) is 4.79 Å². The van der Waals surface area contributed by atoms with E-state index < -0.39 is 0 Å². The fraction of sp³-hybridized carbons (Fsp3) is 0.611. The van der Waals surface area contributed by atoms with Crippen molar-refractivity contribution in [3.05, 3.63) is 29.3 Å². The highest BCUT2D eigenvalue weighted by Gasteiger charge is 2.25. The second-order valence-corrected chi connectivity index (χ2v) is 6.08. The van der Waals surface area contributed by atoms with Crippen LogP contribution in [0.25, 0.3) is 0 Å². The van der Waals surface area contributed by atoms with Gasteiger partial charge in [-0.15, -0.1) is 0 Å². The van der Waals surface area contributed by atoms with Crippen molar-refractivity contribution in [1.82, 2.24) is 0 Å². The third kappa shape index (κ3) is 3.62. The molecule has 1 fully saturated rings. The molecule has 0 atom stereocenters. The van der Waals surface area contributed by atoms with Gasteiger partial charge in [-0.2, -0.15) is 0 Å². The Bertz CT molecular complexity index is 456. The largest absolute Gasteiger partial charge is 0.496 e. The molecule has 0 aliphatic heterocycles. The maximum Gasteiger partial charge on any atom is 0.140 e. The molecule has 0 aromatic heterocycles. The first-order valence-corrected chi connectivity index (χ1v) is 7.80. The zero-order valence-electron chi connectivity index (χ0n) is 12.9. The molecule has 0 radical (unpaired) electrons. The van der Waals surface area contributed by atoms with Crippen LogP contribution in [0, 0.1) is 18.8 Å². The first kappa shape index (κ1) is 15.1. The van der Waals surface area contributed by atoms with Gasteiger partial charge in [-0.1, -0.05) is 31.0 Å². The fourth-order valence-electron chi connectivity index (χ4n) is 3.27. The molecular formula is C18H26O2. The Balaban J connectivity index is 1.99. The van der Waals surface area contributed by atoms with E-state index in [1.54, 1.807) is 7.11 Å². The summed E-state index contributed by atoms with van der Waals surface area (Å²) in [6, 6.07) is 6.07. The monoisotopic (exact) mass is 274 g/mol. The van der Waals surface area contributed by atoms with Crippen molar-refractivity contribution in [2.45, 2.75) is 52.4 Å². The number of carbonyl (C=O) groups is 1. The topological polar surface area (TPSA) is 26.3 Å². The lowest BCUT2D eigenvalue weighted by Gasteiger charge is -2.27. The Morgan fingerprint density at radius 2 is 1.95 bits per heavy atom. The molecule has 1 aliphatic carbocycles. The minimum absolute atomic E-state index is 0.267. The SMILES string of the molecule is CCC1CCC(C(=O)Cc2cc(C)ccc2OC)CC1. The maximum absolute atomic E-state index is 12.5. The summed E-state index contributed by atoms with van der Waals surface area (Å²) in [4.78, 5) is 12.5. The van der Waals surface area contributed by atoms with E-state index in [4.69, 9.17) is 4.74 Å². The van der Waals surface area contributed by atoms with E-state index in [-0.39, 0.29) is 5.92 Å². The molecule has 0 saturated heterocycles. The Morgan fingerprint density at radius 1 is 1.25 bits per heavy atom. The third-order valence-corrected chi connectivity index (χ3v) is 4.68. The molecule has 20 heavy (non-hydrogen) atoms. The van der Waals surface area contributed by atoms with Crippen molar-refractivity contribution in [2.24, 2.45) is 11.8 Å². The molecule has 1 aliphatic rings. The summed E-state index contributed by atoms with van der Waals surface area (Å²) >= 11 is 0. The van der Waals surface area contributed by atoms with Crippen LogP contribution in [0.15, 0.2) is 18.2 Å². The smallest absolute Gasteiger partial charge is 0.140 e. The van der Waals surface area contributed by atoms with Crippen molar-refractivity contribution in [2.75, 3.05) is 7.11 Å². The average molecular weight is 274 g/mol. The van der Waals surface area contributed by atoms with Gasteiger partial charge in [0.2, 0.25) is 0 Å². The lowest BCUT2D eigenvalue weighted by molar-refractivity contribution is -0.123. The van der Waals surface area contributed by atoms with Gasteiger partial charge in [-0.05, 0) is 44.6 Å². The van der Waals surface area contributed by atoms with E-state index in [1.165, 1.54) is 24.8 Å². The number of rotatable bonds is 5. The van der Waals surface area contributed by atoms with Gasteiger partial charge in [0, 0.05) is 17.9 Å². The predicted octanol–water partition coefficient (Wildman–Crippen LogP) is 4.33. The van der Waals surface area contributed by atoms with Crippen LogP contribution >= 0.6 is 0 Å². The zero-order chi connectivity index (χ0) is 14.5. The summed E-state index contributed by atoms with van der Waals surface area (Å²) in [7, 11) is 1.67. The van der Waals surface area contributed by atoms with Crippen LogP contribution in [0.4, 0.5) is 0 Å². The van der Waals surface area contributed by atoms with Crippen LogP contribution in [0.3, 0.4) is 0 Å². The molecular weight excluding hydrogens is 248 g/mol. The van der Waals surface area contributed by atoms with Crippen molar-refractivity contribution in [1.29, 1.82) is 0 Å². The van der Waals surface area contributed by atoms with E-state index in [0.717, 1.165) is 30.1 Å². The fourth-order valence-corrected chi connectivity index (χ4v) is 3.27. The number of ketones is 1. The van der Waals surface area contributed by atoms with Gasteiger partial charge in [0.25, 0.3) is 0 Å². The molecule has 2 rings (SSSR count). The van der Waals surface area contributed by atoms with Crippen LogP contribution in [0.5, 0.6) is 5.75 Å². The van der Waals surface area contributed by atoms with E-state index in [0.29, 0.717) is 12.2 Å². The molecule has 0 bridgehead atoms. The quantitative estimate of drug-likeness (QED) is 0.798. The number of hydrogen-bond acceptors (Lipinski definition) is 2. The summed E-state index contributed by atoms with van der Waals surface area (Å²) in [5.41, 5.74) is 2.22. The minimum atomic E-state index is 0.267. The zero-order valence-corrected chi connectivity index (χ0v) is 12.9. The van der Waals surface area contributed by atoms with Crippen LogP contribution in [-0.2, 0) is 11.2 Å². The van der Waals surface area contributed by atoms with Gasteiger partial charge >= 0.3 is 0 Å². The third-order valence-electron chi connectivity index (χ3n) is 4.68. The van der Waals surface area contributed by atoms with Gasteiger partial charge < -0.3 is 4.74 Å². The molecule has 0 amide bonds. The second-order valence-electron chi connectivity index (χ2n) is 6.08. The first-order valence-electron chi connectivity index (χ1n) is 7.80. The van der Waals surface area contributed by atoms with Gasteiger partial charge in [-0.3, -0.25) is 4.79 Å². The average Bonchev–Trinajstić information content (AvgIpc) is 2.47. The second kappa shape index (κ2) is 6.92. The number of carbonyl (C=O) groups excluding carboxylic acids is 1. The van der Waals surface area contributed by atoms with E-state index in [1.807, 2.05) is 12.1 Å². The minimum Gasteiger partial charge on any atom is -0.496 e. The van der Waals surface area contributed by atoms with Crippen LogP contribution in [-0.4, -0.2) is 12.9 Å². The molecule has 0 unspecified atom stereocenters. The number of hydrogen-bond donors (Lipinski definition) is 0. The molecule has 1 aromatic carbocycles. The molecule has 2 heteroatoms. The summed E-state index contributed by atoms with van der Waals surface area (Å²) < 4.78 is 5.37. The van der Waals surface area contributed by atoms with Gasteiger partial charge in [0.1, 0.15) is 11.5 Å². The number of aryl methyl sites for hydroxylation is 1. The number of benzene rings is 1. The molecule has 1 saturated carbocycles. The van der Waals surface area contributed by atoms with Gasteiger partial charge in [-0.25, -0.2) is 0 Å². The van der Waals surface area contributed by atoms with Crippen molar-refractivity contribution >= 4 is 5.78 Å². The standard InChI is InChI=1S/C18H26O2/c1-4-14-6-8-15(9-7-14)17(19)12-16-11-13(2)5-10-18(16)20-3/h5,10-11,14-15H,4,6-9,12H2,1-3H3. The highest BCUT2D eigenvalue weighted by Crippen LogP contribution is 2.32. The van der Waals surface area contributed by atoms with E-state index >= 15 is 0 Å². The van der Waals surface area contributed by atoms with Crippen molar-refractivity contribution < 1.29 is 9.53 Å². The van der Waals surface area contributed by atoms with Crippen LogP contribution in [0.1, 0.15) is 50.2 Å². The predicted molar refractivity (Wildman–Crippen MR) is 82.2 cm³/mol. The number of Topliss-reactive ketones (excluding diaryl/α,β-unsaturated/α-hetero) is 1. The number of ether oxygens (including phenoxy) is 1. The summed E-state index contributed by atoms with van der Waals surface area (Å²) in [6.07, 6.45) is 6.37. The number of methoxy groups -OCH3 is 1. The lowest BCUT2D eigenvalue weighted by Crippen LogP contribution is -2.23. The Kier molecular flexibility index (Phi) is 5.22. The molecule has 110 valence electrons. The van der Waals surface area contributed by atoms with Gasteiger partial charge in [0.15, 0.2) is 0 Å². The van der Waals surface area contributed by atoms with Crippen molar-refractivity contribution in [3.8, 4) is 5.75 Å². The maximum atomic E-state index is 12.5. The lowest BCUT2D eigenvalue weighted by atomic mass is 9.78. The molecule has 1 aromatic rings. The highest BCUT2D eigenvalue weighted by atomic mass is 16.5. The first-order chi connectivity index (χ1) is 9.63. The molecule has 0 heterocycles. The van der Waals surface area contributed by atoms with Crippen LogP contribution < -0.4 is 4.74 Å². The summed E-state index contributed by atoms with van der Waals surface area (Å²) in [5, 5.41) is 0. The highest BCUT2D eigenvalue weighted by molar-refractivity contribution is 5.84.